The summed E-state index contributed by atoms with van der Waals surface area (Å²) in [5.74, 6) is 0.175. The number of hydrogen-bond acceptors (Lipinski definition) is 4. The molecule has 2 aromatic carbocycles. The molecule has 4 aromatic rings. The summed E-state index contributed by atoms with van der Waals surface area (Å²) in [5.41, 5.74) is 3.39. The lowest BCUT2D eigenvalue weighted by Gasteiger charge is -2.10. The maximum atomic E-state index is 13.0. The molecule has 5 nitrogen and oxygen atoms in total. The van der Waals surface area contributed by atoms with Crippen LogP contribution < -0.4 is 10.4 Å². The molecule has 0 saturated heterocycles. The number of ketones is 1. The van der Waals surface area contributed by atoms with Crippen LogP contribution in [-0.2, 0) is 13.5 Å². The highest BCUT2D eigenvalue weighted by atomic mass is 35.5. The SMILES string of the molecule is CCCc1cc(=O)oc2cc(OCC(=O)c3c(C)n(C)c4ccccc34)c(Cl)cc12. The van der Waals surface area contributed by atoms with Crippen LogP contribution in [0.4, 0.5) is 0 Å². The van der Waals surface area contributed by atoms with E-state index in [0.717, 1.165) is 40.4 Å². The molecule has 0 amide bonds. The fourth-order valence-electron chi connectivity index (χ4n) is 3.90. The maximum Gasteiger partial charge on any atom is 0.336 e. The van der Waals surface area contributed by atoms with Crippen molar-refractivity contribution in [3.63, 3.8) is 0 Å². The van der Waals surface area contributed by atoms with E-state index in [0.29, 0.717) is 21.9 Å². The summed E-state index contributed by atoms with van der Waals surface area (Å²) in [5, 5.41) is 2.05. The molecule has 0 N–H and O–H groups in total. The summed E-state index contributed by atoms with van der Waals surface area (Å²) in [7, 11) is 1.94. The second kappa shape index (κ2) is 8.00. The lowest BCUT2D eigenvalue weighted by atomic mass is 10.1. The minimum Gasteiger partial charge on any atom is -0.484 e. The monoisotopic (exact) mass is 423 g/mol. The Labute approximate surface area is 178 Å². The van der Waals surface area contributed by atoms with Crippen molar-refractivity contribution >= 4 is 39.3 Å². The Balaban J connectivity index is 1.66. The molecule has 0 radical (unpaired) electrons. The van der Waals surface area contributed by atoms with Crippen LogP contribution in [0.5, 0.6) is 5.75 Å². The molecule has 0 unspecified atom stereocenters. The lowest BCUT2D eigenvalue weighted by Crippen LogP contribution is -2.13. The van der Waals surface area contributed by atoms with Crippen LogP contribution in [0.25, 0.3) is 21.9 Å². The molecule has 0 fully saturated rings. The minimum absolute atomic E-state index is 0.137. The van der Waals surface area contributed by atoms with Gasteiger partial charge in [-0.25, -0.2) is 4.79 Å². The molecule has 0 aliphatic heterocycles. The third kappa shape index (κ3) is 3.50. The number of halogens is 1. The van der Waals surface area contributed by atoms with Crippen LogP contribution in [0.3, 0.4) is 0 Å². The van der Waals surface area contributed by atoms with Crippen molar-refractivity contribution in [1.29, 1.82) is 0 Å². The van der Waals surface area contributed by atoms with Crippen molar-refractivity contribution in [2.24, 2.45) is 7.05 Å². The molecule has 6 heteroatoms. The van der Waals surface area contributed by atoms with E-state index < -0.39 is 5.63 Å². The molecule has 0 atom stereocenters. The van der Waals surface area contributed by atoms with E-state index in [1.165, 1.54) is 6.07 Å². The van der Waals surface area contributed by atoms with Crippen LogP contribution >= 0.6 is 11.6 Å². The van der Waals surface area contributed by atoms with Crippen molar-refractivity contribution in [1.82, 2.24) is 4.57 Å². The van der Waals surface area contributed by atoms with Crippen molar-refractivity contribution in [2.75, 3.05) is 6.61 Å². The molecule has 2 aromatic heterocycles. The highest BCUT2D eigenvalue weighted by Gasteiger charge is 2.19. The van der Waals surface area contributed by atoms with Crippen LogP contribution in [0, 0.1) is 6.92 Å². The maximum absolute atomic E-state index is 13.0. The molecule has 0 spiro atoms. The van der Waals surface area contributed by atoms with Gasteiger partial charge >= 0.3 is 5.63 Å². The van der Waals surface area contributed by atoms with Crippen molar-refractivity contribution in [3.05, 3.63) is 74.7 Å². The first-order chi connectivity index (χ1) is 14.4. The van der Waals surface area contributed by atoms with Gasteiger partial charge in [-0.2, -0.15) is 0 Å². The van der Waals surface area contributed by atoms with E-state index in [2.05, 4.69) is 0 Å². The standard InChI is InChI=1S/C24H22ClNO4/c1-4-7-15-10-23(28)30-21-12-22(18(25)11-17(15)21)29-13-20(27)24-14(2)26(3)19-9-6-5-8-16(19)24/h5-6,8-12H,4,7,13H2,1-3H3. The fourth-order valence-corrected chi connectivity index (χ4v) is 4.12. The van der Waals surface area contributed by atoms with Gasteiger partial charge in [0.1, 0.15) is 11.3 Å². The lowest BCUT2D eigenvalue weighted by molar-refractivity contribution is 0.0922. The van der Waals surface area contributed by atoms with Crippen LogP contribution in [0.1, 0.15) is 35.0 Å². The first-order valence-corrected chi connectivity index (χ1v) is 10.2. The molecular weight excluding hydrogens is 402 g/mol. The summed E-state index contributed by atoms with van der Waals surface area (Å²) < 4.78 is 13.1. The highest BCUT2D eigenvalue weighted by Crippen LogP contribution is 2.32. The number of hydrogen-bond donors (Lipinski definition) is 0. The van der Waals surface area contributed by atoms with Gasteiger partial charge in [-0.1, -0.05) is 43.1 Å². The molecule has 0 aliphatic rings. The Morgan fingerprint density at radius 1 is 1.17 bits per heavy atom. The minimum atomic E-state index is -0.415. The number of fused-ring (bicyclic) bond motifs is 2. The average Bonchev–Trinajstić information content (AvgIpc) is 2.98. The summed E-state index contributed by atoms with van der Waals surface area (Å²) in [6, 6.07) is 12.6. The molecule has 0 aliphatic carbocycles. The van der Waals surface area contributed by atoms with Gasteiger partial charge in [-0.3, -0.25) is 4.79 Å². The van der Waals surface area contributed by atoms with E-state index in [9.17, 15) is 9.59 Å². The number of nitrogens with zero attached hydrogens (tertiary/aromatic N) is 1. The Bertz CT molecular complexity index is 1330. The first kappa shape index (κ1) is 20.2. The number of ether oxygens (including phenoxy) is 1. The van der Waals surface area contributed by atoms with E-state index in [-0.39, 0.29) is 12.4 Å². The van der Waals surface area contributed by atoms with Crippen molar-refractivity contribution in [3.8, 4) is 5.75 Å². The van der Waals surface area contributed by atoms with E-state index in [4.69, 9.17) is 20.8 Å². The zero-order chi connectivity index (χ0) is 21.4. The molecule has 0 bridgehead atoms. The molecule has 2 heterocycles. The number of rotatable bonds is 6. The predicted molar refractivity (Wildman–Crippen MR) is 119 cm³/mol. The predicted octanol–water partition coefficient (Wildman–Crippen LogP) is 5.46. The Hall–Kier alpha value is -3.05. The van der Waals surface area contributed by atoms with Crippen molar-refractivity contribution in [2.45, 2.75) is 26.7 Å². The molecule has 4 rings (SSSR count). The highest BCUT2D eigenvalue weighted by molar-refractivity contribution is 6.32. The van der Waals surface area contributed by atoms with E-state index in [1.807, 2.05) is 49.7 Å². The summed E-state index contributed by atoms with van der Waals surface area (Å²) >= 11 is 6.41. The van der Waals surface area contributed by atoms with Gasteiger partial charge in [0, 0.05) is 46.7 Å². The number of aryl methyl sites for hydroxylation is 2. The van der Waals surface area contributed by atoms with Crippen LogP contribution in [0.2, 0.25) is 5.02 Å². The number of para-hydroxylation sites is 1. The Morgan fingerprint density at radius 3 is 2.70 bits per heavy atom. The summed E-state index contributed by atoms with van der Waals surface area (Å²) in [6.07, 6.45) is 1.64. The fraction of sp³-hybridized carbons (Fsp3) is 0.250. The van der Waals surface area contributed by atoms with Gasteiger partial charge in [0.15, 0.2) is 6.61 Å². The third-order valence-corrected chi connectivity index (χ3v) is 5.73. The Kier molecular flexibility index (Phi) is 5.39. The van der Waals surface area contributed by atoms with Gasteiger partial charge in [-0.05, 0) is 31.0 Å². The van der Waals surface area contributed by atoms with E-state index >= 15 is 0 Å². The van der Waals surface area contributed by atoms with Crippen molar-refractivity contribution < 1.29 is 13.9 Å². The Morgan fingerprint density at radius 2 is 1.93 bits per heavy atom. The summed E-state index contributed by atoms with van der Waals surface area (Å²) in [6.45, 7) is 3.79. The third-order valence-electron chi connectivity index (χ3n) is 5.44. The molecule has 0 saturated carbocycles. The second-order valence-electron chi connectivity index (χ2n) is 7.37. The molecular formula is C24H22ClNO4. The van der Waals surface area contributed by atoms with Gasteiger partial charge < -0.3 is 13.7 Å². The number of benzene rings is 2. The second-order valence-corrected chi connectivity index (χ2v) is 7.78. The number of carbonyl (C=O) groups is 1. The quantitative estimate of drug-likeness (QED) is 0.305. The van der Waals surface area contributed by atoms with Crippen LogP contribution in [-0.4, -0.2) is 17.0 Å². The number of Topliss-reactive ketones (excluding diaryl/α,β-unsaturated/α-hetero) is 1. The zero-order valence-corrected chi connectivity index (χ0v) is 17.9. The number of carbonyl (C=O) groups excluding carboxylic acids is 1. The van der Waals surface area contributed by atoms with E-state index in [1.54, 1.807) is 12.1 Å². The first-order valence-electron chi connectivity index (χ1n) is 9.87. The zero-order valence-electron chi connectivity index (χ0n) is 17.1. The van der Waals surface area contributed by atoms with Gasteiger partial charge in [0.25, 0.3) is 0 Å². The largest absolute Gasteiger partial charge is 0.484 e. The normalized spacial score (nSPS) is 11.3. The number of aromatic nitrogens is 1. The average molecular weight is 424 g/mol. The summed E-state index contributed by atoms with van der Waals surface area (Å²) in [4.78, 5) is 24.9. The van der Waals surface area contributed by atoms with Gasteiger partial charge in [-0.15, -0.1) is 0 Å². The topological polar surface area (TPSA) is 61.4 Å². The van der Waals surface area contributed by atoms with Gasteiger partial charge in [0.05, 0.1) is 5.02 Å². The molecule has 30 heavy (non-hydrogen) atoms. The smallest absolute Gasteiger partial charge is 0.336 e. The van der Waals surface area contributed by atoms with Gasteiger partial charge in [0.2, 0.25) is 5.78 Å². The van der Waals surface area contributed by atoms with Crippen LogP contribution in [0.15, 0.2) is 51.7 Å². The molecule has 154 valence electrons.